The van der Waals surface area contributed by atoms with Crippen molar-refractivity contribution in [1.29, 1.82) is 0 Å². The largest absolute Gasteiger partial charge is 0.493 e. The highest BCUT2D eigenvalue weighted by Crippen LogP contribution is 2.28. The molecule has 172 valence electrons. The van der Waals surface area contributed by atoms with E-state index in [9.17, 15) is 8.42 Å². The second-order valence-electron chi connectivity index (χ2n) is 7.69. The molecule has 1 aromatic heterocycles. The number of ether oxygens (including phenoxy) is 2. The van der Waals surface area contributed by atoms with Gasteiger partial charge in [0, 0.05) is 19.3 Å². The monoisotopic (exact) mass is 457 g/mol. The van der Waals surface area contributed by atoms with Crippen molar-refractivity contribution in [2.24, 2.45) is 0 Å². The third-order valence-corrected chi connectivity index (χ3v) is 7.49. The fraction of sp³-hybridized carbons (Fsp3) is 0.375. The fourth-order valence-corrected chi connectivity index (χ4v) is 5.38. The lowest BCUT2D eigenvalue weighted by Gasteiger charge is -2.24. The maximum atomic E-state index is 13.7. The van der Waals surface area contributed by atoms with Gasteiger partial charge in [0.1, 0.15) is 0 Å². The van der Waals surface area contributed by atoms with E-state index in [1.807, 2.05) is 61.9 Å². The smallest absolute Gasteiger partial charge is 0.243 e. The van der Waals surface area contributed by atoms with Crippen LogP contribution in [0.5, 0.6) is 11.5 Å². The molecule has 0 bridgehead atoms. The van der Waals surface area contributed by atoms with Gasteiger partial charge in [0.05, 0.1) is 31.4 Å². The molecule has 7 nitrogen and oxygen atoms in total. The Bertz CT molecular complexity index is 1170. The van der Waals surface area contributed by atoms with Gasteiger partial charge in [0.2, 0.25) is 10.0 Å². The minimum absolute atomic E-state index is 0.247. The van der Waals surface area contributed by atoms with Crippen LogP contribution in [-0.4, -0.2) is 43.3 Å². The average Bonchev–Trinajstić information content (AvgIpc) is 3.24. The molecular weight excluding hydrogens is 426 g/mol. The van der Waals surface area contributed by atoms with E-state index < -0.39 is 10.0 Å². The number of aromatic nitrogens is 2. The van der Waals surface area contributed by atoms with Gasteiger partial charge >= 0.3 is 0 Å². The van der Waals surface area contributed by atoms with Gasteiger partial charge in [-0.1, -0.05) is 18.2 Å². The first-order chi connectivity index (χ1) is 15.3. The Morgan fingerprint density at radius 2 is 1.75 bits per heavy atom. The van der Waals surface area contributed by atoms with E-state index in [1.54, 1.807) is 26.5 Å². The highest BCUT2D eigenvalue weighted by atomic mass is 32.2. The summed E-state index contributed by atoms with van der Waals surface area (Å²) < 4.78 is 41.5. The Balaban J connectivity index is 1.95. The highest BCUT2D eigenvalue weighted by molar-refractivity contribution is 7.89. The van der Waals surface area contributed by atoms with E-state index in [0.717, 1.165) is 22.4 Å². The number of rotatable bonds is 10. The predicted octanol–water partition coefficient (Wildman–Crippen LogP) is 3.97. The standard InChI is InChI=1S/C24H31N3O4S/c1-6-27-21(11-13-25-27)17-26(32(28,29)24-15-18(2)7-8-19(24)3)14-12-20-9-10-22(30-4)23(16-20)31-5/h7-11,13,15-16H,6,12,14,17H2,1-5H3. The van der Waals surface area contributed by atoms with Crippen LogP contribution >= 0.6 is 0 Å². The fourth-order valence-electron chi connectivity index (χ4n) is 3.66. The molecule has 2 aromatic carbocycles. The molecule has 0 saturated carbocycles. The molecule has 0 amide bonds. The van der Waals surface area contributed by atoms with Crippen LogP contribution < -0.4 is 9.47 Å². The Morgan fingerprint density at radius 1 is 1.00 bits per heavy atom. The van der Waals surface area contributed by atoms with E-state index in [-0.39, 0.29) is 6.54 Å². The Kier molecular flexibility index (Phi) is 7.58. The summed E-state index contributed by atoms with van der Waals surface area (Å²) in [5.41, 5.74) is 3.46. The maximum absolute atomic E-state index is 13.7. The second-order valence-corrected chi connectivity index (χ2v) is 9.59. The second kappa shape index (κ2) is 10.2. The number of sulfonamides is 1. The van der Waals surface area contributed by atoms with Crippen LogP contribution in [0.4, 0.5) is 0 Å². The van der Waals surface area contributed by atoms with Crippen molar-refractivity contribution in [2.75, 3.05) is 20.8 Å². The minimum atomic E-state index is -3.72. The van der Waals surface area contributed by atoms with E-state index in [2.05, 4.69) is 5.10 Å². The number of methoxy groups -OCH3 is 2. The summed E-state index contributed by atoms with van der Waals surface area (Å²) >= 11 is 0. The zero-order valence-corrected chi connectivity index (χ0v) is 20.1. The molecule has 1 heterocycles. The van der Waals surface area contributed by atoms with Crippen molar-refractivity contribution in [3.8, 4) is 11.5 Å². The topological polar surface area (TPSA) is 73.7 Å². The lowest BCUT2D eigenvalue weighted by atomic mass is 10.1. The molecule has 3 rings (SSSR count). The summed E-state index contributed by atoms with van der Waals surface area (Å²) in [5, 5.41) is 4.30. The van der Waals surface area contributed by atoms with Crippen LogP contribution in [0.25, 0.3) is 0 Å². The molecule has 0 fully saturated rings. The van der Waals surface area contributed by atoms with Crippen LogP contribution in [0.15, 0.2) is 53.6 Å². The van der Waals surface area contributed by atoms with E-state index in [0.29, 0.717) is 35.9 Å². The van der Waals surface area contributed by atoms with E-state index in [1.165, 1.54) is 4.31 Å². The number of benzene rings is 2. The summed E-state index contributed by atoms with van der Waals surface area (Å²) in [6.07, 6.45) is 2.24. The first kappa shape index (κ1) is 23.8. The van der Waals surface area contributed by atoms with Gasteiger partial charge in [-0.15, -0.1) is 0 Å². The van der Waals surface area contributed by atoms with Crippen LogP contribution in [0.2, 0.25) is 0 Å². The normalized spacial score (nSPS) is 11.7. The van der Waals surface area contributed by atoms with Gasteiger partial charge in [-0.3, -0.25) is 4.68 Å². The van der Waals surface area contributed by atoms with Crippen molar-refractivity contribution in [3.63, 3.8) is 0 Å². The van der Waals surface area contributed by atoms with Gasteiger partial charge < -0.3 is 9.47 Å². The van der Waals surface area contributed by atoms with Gasteiger partial charge in [-0.2, -0.15) is 9.40 Å². The first-order valence-corrected chi connectivity index (χ1v) is 12.0. The number of hydrogen-bond acceptors (Lipinski definition) is 5. The summed E-state index contributed by atoms with van der Waals surface area (Å²) in [5.74, 6) is 1.26. The molecule has 0 aliphatic rings. The summed E-state index contributed by atoms with van der Waals surface area (Å²) in [6.45, 7) is 6.96. The molecule has 0 N–H and O–H groups in total. The van der Waals surface area contributed by atoms with Crippen LogP contribution in [0, 0.1) is 13.8 Å². The predicted molar refractivity (Wildman–Crippen MR) is 125 cm³/mol. The molecule has 3 aromatic rings. The lowest BCUT2D eigenvalue weighted by molar-refractivity contribution is 0.354. The third kappa shape index (κ3) is 5.14. The lowest BCUT2D eigenvalue weighted by Crippen LogP contribution is -2.34. The van der Waals surface area contributed by atoms with Crippen molar-refractivity contribution in [2.45, 2.75) is 45.2 Å². The quantitative estimate of drug-likeness (QED) is 0.461. The molecule has 0 aliphatic carbocycles. The van der Waals surface area contributed by atoms with Gasteiger partial charge in [-0.25, -0.2) is 8.42 Å². The SMILES string of the molecule is CCn1nccc1CN(CCc1ccc(OC)c(OC)c1)S(=O)(=O)c1cc(C)ccc1C. The third-order valence-electron chi connectivity index (χ3n) is 5.50. The maximum Gasteiger partial charge on any atom is 0.243 e. The highest BCUT2D eigenvalue weighted by Gasteiger charge is 2.27. The zero-order valence-electron chi connectivity index (χ0n) is 19.3. The molecule has 0 unspecified atom stereocenters. The molecule has 0 saturated heterocycles. The van der Waals surface area contributed by atoms with Crippen molar-refractivity contribution < 1.29 is 17.9 Å². The van der Waals surface area contributed by atoms with Crippen LogP contribution in [-0.2, 0) is 29.5 Å². The Morgan fingerprint density at radius 3 is 2.44 bits per heavy atom. The van der Waals surface area contributed by atoms with E-state index >= 15 is 0 Å². The van der Waals surface area contributed by atoms with Crippen molar-refractivity contribution in [3.05, 3.63) is 71.0 Å². The molecular formula is C24H31N3O4S. The zero-order chi connectivity index (χ0) is 23.3. The molecule has 8 heteroatoms. The van der Waals surface area contributed by atoms with Gasteiger partial charge in [0.25, 0.3) is 0 Å². The Labute approximate surface area is 190 Å². The van der Waals surface area contributed by atoms with E-state index in [4.69, 9.17) is 9.47 Å². The summed E-state index contributed by atoms with van der Waals surface area (Å²) in [6, 6.07) is 13.0. The minimum Gasteiger partial charge on any atom is -0.493 e. The summed E-state index contributed by atoms with van der Waals surface area (Å²) in [7, 11) is -0.539. The van der Waals surface area contributed by atoms with Gasteiger partial charge in [0.15, 0.2) is 11.5 Å². The molecule has 0 aliphatic heterocycles. The molecule has 32 heavy (non-hydrogen) atoms. The molecule has 0 radical (unpaired) electrons. The van der Waals surface area contributed by atoms with Crippen molar-refractivity contribution >= 4 is 10.0 Å². The number of aryl methyl sites for hydroxylation is 3. The first-order valence-electron chi connectivity index (χ1n) is 10.6. The average molecular weight is 458 g/mol. The van der Waals surface area contributed by atoms with Gasteiger partial charge in [-0.05, 0) is 68.1 Å². The van der Waals surface area contributed by atoms with Crippen molar-refractivity contribution in [1.82, 2.24) is 14.1 Å². The van der Waals surface area contributed by atoms with Crippen LogP contribution in [0.3, 0.4) is 0 Å². The summed E-state index contributed by atoms with van der Waals surface area (Å²) in [4.78, 5) is 0.340. The Hall–Kier alpha value is -2.84. The molecule has 0 atom stereocenters. The number of hydrogen-bond donors (Lipinski definition) is 0. The molecule has 0 spiro atoms. The van der Waals surface area contributed by atoms with Crippen LogP contribution in [0.1, 0.15) is 29.3 Å². The number of nitrogens with zero attached hydrogens (tertiary/aromatic N) is 3.